The largest absolute Gasteiger partial charge is 0.445 e. The van der Waals surface area contributed by atoms with Crippen LogP contribution in [0.1, 0.15) is 79.1 Å². The van der Waals surface area contributed by atoms with E-state index in [0.29, 0.717) is 32.2 Å². The third-order valence-corrected chi connectivity index (χ3v) is 11.9. The predicted molar refractivity (Wildman–Crippen MR) is 136 cm³/mol. The molecule has 2 aliphatic heterocycles. The number of ketones is 1. The number of nitrogens with one attached hydrogen (secondary N) is 1. The van der Waals surface area contributed by atoms with E-state index in [1.54, 1.807) is 0 Å². The molecule has 0 radical (unpaired) electrons. The third-order valence-electron chi connectivity index (χ3n) is 11.9. The van der Waals surface area contributed by atoms with Gasteiger partial charge in [-0.25, -0.2) is 4.79 Å². The fourth-order valence-corrected chi connectivity index (χ4v) is 9.51. The van der Waals surface area contributed by atoms with Gasteiger partial charge in [0.15, 0.2) is 0 Å². The number of alkyl carbamates (subject to hydrolysis) is 1. The first kappa shape index (κ1) is 27.0. The molecule has 3 unspecified atom stereocenters. The van der Waals surface area contributed by atoms with E-state index in [-0.39, 0.29) is 46.7 Å². The Hall–Kier alpha value is -1.54. The van der Waals surface area contributed by atoms with Crippen LogP contribution in [-0.2, 0) is 14.3 Å². The lowest BCUT2D eigenvalue weighted by Gasteiger charge is -2.62. The van der Waals surface area contributed by atoms with Crippen LogP contribution in [0.15, 0.2) is 0 Å². The monoisotopic (exact) mass is 520 g/mol. The number of aliphatic hydroxyl groups is 1. The van der Waals surface area contributed by atoms with Crippen molar-refractivity contribution < 1.29 is 28.6 Å². The van der Waals surface area contributed by atoms with Crippen molar-refractivity contribution in [3.05, 3.63) is 0 Å². The number of fused-ring (bicyclic) bond motifs is 2. The molecule has 5 fully saturated rings. The van der Waals surface area contributed by atoms with E-state index < -0.39 is 35.8 Å². The highest BCUT2D eigenvalue weighted by molar-refractivity contribution is 5.93. The summed E-state index contributed by atoms with van der Waals surface area (Å²) in [6.07, 6.45) is 2.86. The van der Waals surface area contributed by atoms with E-state index in [0.717, 1.165) is 38.8 Å². The van der Waals surface area contributed by atoms with Crippen molar-refractivity contribution in [3.63, 3.8) is 0 Å². The van der Waals surface area contributed by atoms with Crippen molar-refractivity contribution >= 4 is 17.8 Å². The smallest absolute Gasteiger partial charge is 0.414 e. The minimum absolute atomic E-state index is 0.118. The number of aliphatic hydroxyl groups excluding tert-OH is 1. The zero-order valence-corrected chi connectivity index (χ0v) is 22.9. The van der Waals surface area contributed by atoms with E-state index in [1.807, 2.05) is 6.92 Å². The Morgan fingerprint density at radius 2 is 1.95 bits per heavy atom. The molecule has 2 heterocycles. The molecule has 5 rings (SSSR count). The first-order valence-electron chi connectivity index (χ1n) is 14.5. The van der Waals surface area contributed by atoms with Crippen molar-refractivity contribution in [2.75, 3.05) is 26.3 Å². The molecule has 0 aromatic heterocycles. The van der Waals surface area contributed by atoms with E-state index in [9.17, 15) is 23.9 Å². The lowest BCUT2D eigenvalue weighted by atomic mass is 9.43. The lowest BCUT2D eigenvalue weighted by molar-refractivity contribution is -0.199. The molecule has 0 spiro atoms. The molecule has 2 saturated heterocycles. The van der Waals surface area contributed by atoms with Gasteiger partial charge in [-0.3, -0.25) is 19.3 Å². The van der Waals surface area contributed by atoms with Gasteiger partial charge in [0.2, 0.25) is 5.91 Å². The number of imide groups is 1. The molecule has 4 bridgehead atoms. The summed E-state index contributed by atoms with van der Waals surface area (Å²) < 4.78 is 19.5. The van der Waals surface area contributed by atoms with Crippen molar-refractivity contribution in [2.24, 2.45) is 45.8 Å². The molecular weight excluding hydrogens is 475 g/mol. The normalized spacial score (nSPS) is 48.8. The molecule has 7 nitrogen and oxygen atoms in total. The van der Waals surface area contributed by atoms with Gasteiger partial charge < -0.3 is 14.7 Å². The van der Waals surface area contributed by atoms with Crippen molar-refractivity contribution in [1.82, 2.24) is 10.2 Å². The fourth-order valence-electron chi connectivity index (χ4n) is 9.51. The number of amides is 2. The minimum Gasteiger partial charge on any atom is -0.445 e. The number of hydrogen-bond acceptors (Lipinski definition) is 6. The van der Waals surface area contributed by atoms with E-state index >= 15 is 0 Å². The zero-order chi connectivity index (χ0) is 26.8. The van der Waals surface area contributed by atoms with Crippen molar-refractivity contribution in [3.8, 4) is 0 Å². The standard InChI is InChI=1S/C29H45FN2O5/c1-17-6-10-29-11-7-21(33)23(29)28(17,4)22(14-27(3,9-5-12-30)24(34)18(29)2)37-26(36)31-25(35)20-16-32-13-8-19(20)15-32/h17-20,22-24,34H,5-16H2,1-4H3,(H,31,35,36)/t17-,18+,19-,20+,22-,23?,24+,27-,28+,29?/m1/s1. The van der Waals surface area contributed by atoms with E-state index in [2.05, 4.69) is 31.0 Å². The Labute approximate surface area is 220 Å². The number of rotatable bonds is 5. The van der Waals surface area contributed by atoms with Gasteiger partial charge in [-0.05, 0) is 80.1 Å². The van der Waals surface area contributed by atoms with Gasteiger partial charge in [0.25, 0.3) is 0 Å². The Morgan fingerprint density at radius 1 is 1.19 bits per heavy atom. The SMILES string of the molecule is C[C@@H]1CCC23CCC(=O)C2[C@]1(C)[C@H](OC(=O)NC(=O)[C@H]1CN2CC[C@@H]1C2)C[C@@](C)(CCCF)[C@@H](O)[C@@H]3C. The van der Waals surface area contributed by atoms with Crippen LogP contribution in [0.2, 0.25) is 0 Å². The van der Waals surface area contributed by atoms with E-state index in [1.165, 1.54) is 0 Å². The number of carbonyl (C=O) groups excluding carboxylic acids is 3. The maximum atomic E-state index is 13.5. The molecule has 8 heteroatoms. The number of piperidine rings is 1. The second-order valence-electron chi connectivity index (χ2n) is 13.6. The first-order valence-corrected chi connectivity index (χ1v) is 14.5. The molecule has 3 saturated carbocycles. The molecule has 208 valence electrons. The van der Waals surface area contributed by atoms with Crippen LogP contribution >= 0.6 is 0 Å². The summed E-state index contributed by atoms with van der Waals surface area (Å²) in [5.41, 5.74) is -1.67. The Morgan fingerprint density at radius 3 is 2.59 bits per heavy atom. The summed E-state index contributed by atoms with van der Waals surface area (Å²) >= 11 is 0. The molecule has 11 atom stereocenters. The lowest BCUT2D eigenvalue weighted by Crippen LogP contribution is -2.63. The zero-order valence-electron chi connectivity index (χ0n) is 22.9. The quantitative estimate of drug-likeness (QED) is 0.566. The second-order valence-corrected chi connectivity index (χ2v) is 13.6. The molecule has 3 aliphatic carbocycles. The van der Waals surface area contributed by atoms with Gasteiger partial charge in [-0.1, -0.05) is 27.7 Å². The summed E-state index contributed by atoms with van der Waals surface area (Å²) in [5.74, 6) is -0.332. The van der Waals surface area contributed by atoms with Gasteiger partial charge in [-0.2, -0.15) is 0 Å². The maximum absolute atomic E-state index is 13.5. The van der Waals surface area contributed by atoms with E-state index in [4.69, 9.17) is 4.74 Å². The molecule has 2 N–H and O–H groups in total. The molecule has 0 aromatic carbocycles. The number of Topliss-reactive ketones (excluding diaryl/α,β-unsaturated/α-hetero) is 1. The van der Waals surface area contributed by atoms with Crippen molar-refractivity contribution in [2.45, 2.75) is 91.3 Å². The molecular formula is C29H45FN2O5. The number of hydrogen-bond donors (Lipinski definition) is 2. The maximum Gasteiger partial charge on any atom is 0.414 e. The van der Waals surface area contributed by atoms with Crippen LogP contribution in [0, 0.1) is 45.8 Å². The molecule has 37 heavy (non-hydrogen) atoms. The fraction of sp³-hybridized carbons (Fsp3) is 0.897. The Kier molecular flexibility index (Phi) is 7.00. The van der Waals surface area contributed by atoms with Gasteiger partial charge in [0.1, 0.15) is 11.9 Å². The second kappa shape index (κ2) is 9.58. The topological polar surface area (TPSA) is 95.9 Å². The summed E-state index contributed by atoms with van der Waals surface area (Å²) in [4.78, 5) is 42.0. The summed E-state index contributed by atoms with van der Waals surface area (Å²) in [6, 6.07) is 0. The van der Waals surface area contributed by atoms with Crippen molar-refractivity contribution in [1.29, 1.82) is 0 Å². The van der Waals surface area contributed by atoms with Crippen LogP contribution in [0.25, 0.3) is 0 Å². The molecule has 5 aliphatic rings. The van der Waals surface area contributed by atoms with Crippen LogP contribution in [0.4, 0.5) is 9.18 Å². The average Bonchev–Trinajstić information content (AvgIpc) is 3.59. The van der Waals surface area contributed by atoms with Gasteiger partial charge in [0.05, 0.1) is 18.7 Å². The van der Waals surface area contributed by atoms with Gasteiger partial charge in [-0.15, -0.1) is 0 Å². The van der Waals surface area contributed by atoms with Gasteiger partial charge >= 0.3 is 6.09 Å². The summed E-state index contributed by atoms with van der Waals surface area (Å²) in [7, 11) is 0. The molecule has 0 aromatic rings. The number of carbonyl (C=O) groups is 3. The number of alkyl halides is 1. The van der Waals surface area contributed by atoms with Crippen LogP contribution < -0.4 is 5.32 Å². The highest BCUT2D eigenvalue weighted by Gasteiger charge is 2.68. The molecule has 2 amide bonds. The summed E-state index contributed by atoms with van der Waals surface area (Å²) in [5, 5.41) is 14.3. The van der Waals surface area contributed by atoms with Crippen LogP contribution in [0.3, 0.4) is 0 Å². The predicted octanol–water partition coefficient (Wildman–Crippen LogP) is 4.12. The highest BCUT2D eigenvalue weighted by atomic mass is 19.1. The minimum atomic E-state index is -0.765. The third kappa shape index (κ3) is 4.16. The highest BCUT2D eigenvalue weighted by Crippen LogP contribution is 2.68. The Balaban J connectivity index is 1.46. The Bertz CT molecular complexity index is 945. The number of ether oxygens (including phenoxy) is 1. The van der Waals surface area contributed by atoms with Gasteiger partial charge in [0, 0.05) is 30.8 Å². The number of nitrogens with zero attached hydrogens (tertiary/aromatic N) is 1. The number of halogens is 1. The van der Waals surface area contributed by atoms with Crippen LogP contribution in [0.5, 0.6) is 0 Å². The van der Waals surface area contributed by atoms with Crippen LogP contribution in [-0.4, -0.2) is 66.3 Å². The average molecular weight is 521 g/mol. The first-order chi connectivity index (χ1) is 17.5. The summed E-state index contributed by atoms with van der Waals surface area (Å²) in [6.45, 7) is 10.4.